The SMILES string of the molecule is COC(=O)[C@H](C(C)C)N(Cc1ccccn1)Cc1ccccn1.Cl. The maximum Gasteiger partial charge on any atom is 0.323 e. The van der Waals surface area contributed by atoms with Crippen LogP contribution in [0.1, 0.15) is 25.2 Å². The Morgan fingerprint density at radius 2 is 1.54 bits per heavy atom. The molecule has 2 aromatic rings. The Labute approximate surface area is 149 Å². The number of rotatable bonds is 7. The van der Waals surface area contributed by atoms with Crippen LogP contribution in [-0.4, -0.2) is 34.0 Å². The zero-order valence-electron chi connectivity index (χ0n) is 14.3. The Balaban J connectivity index is 0.00000288. The fourth-order valence-corrected chi connectivity index (χ4v) is 2.62. The molecule has 130 valence electrons. The highest BCUT2D eigenvalue weighted by Crippen LogP contribution is 2.18. The standard InChI is InChI=1S/C18H23N3O2.ClH/c1-14(2)17(18(22)23-3)21(12-15-8-4-6-10-19-15)13-16-9-5-7-11-20-16;/h4-11,14,17H,12-13H2,1-3H3;1H/t17-;/m0./s1. The van der Waals surface area contributed by atoms with Gasteiger partial charge in [0.1, 0.15) is 6.04 Å². The van der Waals surface area contributed by atoms with E-state index in [-0.39, 0.29) is 30.3 Å². The number of ether oxygens (including phenoxy) is 1. The molecule has 0 bridgehead atoms. The second kappa shape index (κ2) is 10.0. The summed E-state index contributed by atoms with van der Waals surface area (Å²) in [6.45, 7) is 5.17. The van der Waals surface area contributed by atoms with Crippen LogP contribution in [0.15, 0.2) is 48.8 Å². The lowest BCUT2D eigenvalue weighted by atomic mass is 10.0. The van der Waals surface area contributed by atoms with E-state index in [2.05, 4.69) is 14.9 Å². The van der Waals surface area contributed by atoms with Gasteiger partial charge in [-0.15, -0.1) is 12.4 Å². The van der Waals surface area contributed by atoms with Crippen molar-refractivity contribution >= 4 is 18.4 Å². The average molecular weight is 350 g/mol. The van der Waals surface area contributed by atoms with E-state index >= 15 is 0 Å². The molecule has 2 heterocycles. The molecule has 0 unspecified atom stereocenters. The van der Waals surface area contributed by atoms with E-state index in [1.807, 2.05) is 50.2 Å². The molecule has 0 radical (unpaired) electrons. The first-order valence-corrected chi connectivity index (χ1v) is 7.73. The summed E-state index contributed by atoms with van der Waals surface area (Å²) in [6.07, 6.45) is 3.52. The Morgan fingerprint density at radius 1 is 1.04 bits per heavy atom. The molecule has 0 aliphatic rings. The smallest absolute Gasteiger partial charge is 0.323 e. The molecule has 0 aliphatic carbocycles. The molecule has 0 spiro atoms. The van der Waals surface area contributed by atoms with Crippen LogP contribution in [0.4, 0.5) is 0 Å². The summed E-state index contributed by atoms with van der Waals surface area (Å²) in [5, 5.41) is 0. The number of nitrogens with zero attached hydrogens (tertiary/aromatic N) is 3. The van der Waals surface area contributed by atoms with Crippen molar-refractivity contribution in [2.75, 3.05) is 7.11 Å². The highest BCUT2D eigenvalue weighted by Gasteiger charge is 2.30. The molecule has 2 rings (SSSR count). The summed E-state index contributed by atoms with van der Waals surface area (Å²) < 4.78 is 5.01. The molecular formula is C18H24ClN3O2. The number of pyridine rings is 2. The second-order valence-electron chi connectivity index (χ2n) is 5.76. The quantitative estimate of drug-likeness (QED) is 0.719. The van der Waals surface area contributed by atoms with Gasteiger partial charge in [-0.05, 0) is 30.2 Å². The molecule has 0 saturated carbocycles. The van der Waals surface area contributed by atoms with E-state index in [0.717, 1.165) is 11.4 Å². The third-order valence-corrected chi connectivity index (χ3v) is 3.65. The first-order valence-electron chi connectivity index (χ1n) is 7.73. The maximum absolute atomic E-state index is 12.3. The van der Waals surface area contributed by atoms with Crippen LogP contribution < -0.4 is 0 Å². The van der Waals surface area contributed by atoms with Crippen LogP contribution in [0, 0.1) is 5.92 Å². The van der Waals surface area contributed by atoms with Crippen LogP contribution >= 0.6 is 12.4 Å². The third kappa shape index (κ3) is 5.58. The molecule has 6 heteroatoms. The zero-order chi connectivity index (χ0) is 16.7. The first kappa shape index (κ1) is 20.1. The highest BCUT2D eigenvalue weighted by molar-refractivity contribution is 5.85. The predicted molar refractivity (Wildman–Crippen MR) is 95.6 cm³/mol. The van der Waals surface area contributed by atoms with Crippen LogP contribution in [0.5, 0.6) is 0 Å². The highest BCUT2D eigenvalue weighted by atomic mass is 35.5. The van der Waals surface area contributed by atoms with E-state index in [1.165, 1.54) is 7.11 Å². The predicted octanol–water partition coefficient (Wildman–Crippen LogP) is 3.10. The minimum Gasteiger partial charge on any atom is -0.468 e. The van der Waals surface area contributed by atoms with Crippen LogP contribution in [-0.2, 0) is 22.6 Å². The van der Waals surface area contributed by atoms with Crippen molar-refractivity contribution < 1.29 is 9.53 Å². The molecule has 0 amide bonds. The monoisotopic (exact) mass is 349 g/mol. The van der Waals surface area contributed by atoms with Crippen molar-refractivity contribution in [1.82, 2.24) is 14.9 Å². The minimum atomic E-state index is -0.344. The fraction of sp³-hybridized carbons (Fsp3) is 0.389. The van der Waals surface area contributed by atoms with Gasteiger partial charge in [0.2, 0.25) is 0 Å². The van der Waals surface area contributed by atoms with E-state index in [9.17, 15) is 4.79 Å². The van der Waals surface area contributed by atoms with Gasteiger partial charge in [-0.3, -0.25) is 19.7 Å². The lowest BCUT2D eigenvalue weighted by molar-refractivity contribution is -0.149. The average Bonchev–Trinajstić information content (AvgIpc) is 2.56. The third-order valence-electron chi connectivity index (χ3n) is 3.65. The van der Waals surface area contributed by atoms with Gasteiger partial charge in [0.25, 0.3) is 0 Å². The summed E-state index contributed by atoms with van der Waals surface area (Å²) in [5.41, 5.74) is 1.83. The zero-order valence-corrected chi connectivity index (χ0v) is 15.1. The fourth-order valence-electron chi connectivity index (χ4n) is 2.62. The second-order valence-corrected chi connectivity index (χ2v) is 5.76. The molecule has 2 aromatic heterocycles. The van der Waals surface area contributed by atoms with Gasteiger partial charge in [-0.25, -0.2) is 0 Å². The number of carbonyl (C=O) groups is 1. The maximum atomic E-state index is 12.3. The summed E-state index contributed by atoms with van der Waals surface area (Å²) in [7, 11) is 1.43. The van der Waals surface area contributed by atoms with Crippen molar-refractivity contribution in [3.05, 3.63) is 60.2 Å². The summed E-state index contributed by atoms with van der Waals surface area (Å²) in [5.74, 6) is -0.110. The van der Waals surface area contributed by atoms with Gasteiger partial charge in [-0.1, -0.05) is 26.0 Å². The Hall–Kier alpha value is -1.98. The van der Waals surface area contributed by atoms with Crippen LogP contribution in [0.25, 0.3) is 0 Å². The van der Waals surface area contributed by atoms with Gasteiger partial charge in [0.05, 0.1) is 18.5 Å². The topological polar surface area (TPSA) is 55.3 Å². The Morgan fingerprint density at radius 3 is 1.88 bits per heavy atom. The van der Waals surface area contributed by atoms with E-state index in [4.69, 9.17) is 4.74 Å². The van der Waals surface area contributed by atoms with Crippen molar-refractivity contribution in [3.63, 3.8) is 0 Å². The Bertz CT molecular complexity index is 567. The lowest BCUT2D eigenvalue weighted by Gasteiger charge is -2.31. The van der Waals surface area contributed by atoms with Crippen molar-refractivity contribution in [2.45, 2.75) is 33.0 Å². The number of halogens is 1. The van der Waals surface area contributed by atoms with E-state index < -0.39 is 0 Å². The van der Waals surface area contributed by atoms with Crippen molar-refractivity contribution in [2.24, 2.45) is 5.92 Å². The van der Waals surface area contributed by atoms with Gasteiger partial charge in [0, 0.05) is 25.5 Å². The van der Waals surface area contributed by atoms with E-state index in [0.29, 0.717) is 13.1 Å². The van der Waals surface area contributed by atoms with Gasteiger partial charge < -0.3 is 4.74 Å². The lowest BCUT2D eigenvalue weighted by Crippen LogP contribution is -2.44. The summed E-state index contributed by atoms with van der Waals surface area (Å²) in [6, 6.07) is 11.2. The molecule has 1 atom stereocenters. The molecule has 0 N–H and O–H groups in total. The molecule has 0 fully saturated rings. The summed E-state index contributed by atoms with van der Waals surface area (Å²) in [4.78, 5) is 23.1. The number of hydrogen-bond acceptors (Lipinski definition) is 5. The van der Waals surface area contributed by atoms with Crippen LogP contribution in [0.2, 0.25) is 0 Å². The van der Waals surface area contributed by atoms with E-state index in [1.54, 1.807) is 12.4 Å². The number of methoxy groups -OCH3 is 1. The molecule has 0 aliphatic heterocycles. The Kier molecular flexibility index (Phi) is 8.36. The van der Waals surface area contributed by atoms with Gasteiger partial charge in [-0.2, -0.15) is 0 Å². The molecule has 0 saturated heterocycles. The number of hydrogen-bond donors (Lipinski definition) is 0. The molecule has 5 nitrogen and oxygen atoms in total. The van der Waals surface area contributed by atoms with Crippen molar-refractivity contribution in [3.8, 4) is 0 Å². The summed E-state index contributed by atoms with van der Waals surface area (Å²) >= 11 is 0. The van der Waals surface area contributed by atoms with Crippen molar-refractivity contribution in [1.29, 1.82) is 0 Å². The minimum absolute atomic E-state index is 0. The largest absolute Gasteiger partial charge is 0.468 e. The van der Waals surface area contributed by atoms with Crippen LogP contribution in [0.3, 0.4) is 0 Å². The first-order chi connectivity index (χ1) is 11.1. The number of aromatic nitrogens is 2. The van der Waals surface area contributed by atoms with Gasteiger partial charge in [0.15, 0.2) is 0 Å². The number of esters is 1. The number of carbonyl (C=O) groups excluding carboxylic acids is 1. The molecule has 24 heavy (non-hydrogen) atoms. The normalized spacial score (nSPS) is 11.9. The van der Waals surface area contributed by atoms with Gasteiger partial charge >= 0.3 is 5.97 Å². The molecule has 0 aromatic carbocycles. The molecular weight excluding hydrogens is 326 g/mol.